The summed E-state index contributed by atoms with van der Waals surface area (Å²) in [6.45, 7) is 0. The molecule has 0 radical (unpaired) electrons. The highest BCUT2D eigenvalue weighted by Crippen LogP contribution is 2.29. The summed E-state index contributed by atoms with van der Waals surface area (Å²) in [5.74, 6) is 0. The van der Waals surface area contributed by atoms with Crippen molar-refractivity contribution in [1.29, 1.82) is 0 Å². The lowest BCUT2D eigenvalue weighted by atomic mass is 10.1. The average molecular weight is 361 g/mol. The Hall–Kier alpha value is -0.160. The molecule has 0 saturated heterocycles. The fourth-order valence-electron chi connectivity index (χ4n) is 1.58. The van der Waals surface area contributed by atoms with E-state index in [0.29, 0.717) is 0 Å². The molecule has 0 bridgehead atoms. The maximum atomic E-state index is 6.19. The van der Waals surface area contributed by atoms with Crippen molar-refractivity contribution in [3.63, 3.8) is 0 Å². The third kappa shape index (κ3) is 2.94. The van der Waals surface area contributed by atoms with Gasteiger partial charge in [0, 0.05) is 19.9 Å². The predicted octanol–water partition coefficient (Wildman–Crippen LogP) is 4.52. The minimum Gasteiger partial charge on any atom is -0.323 e. The van der Waals surface area contributed by atoms with Gasteiger partial charge in [-0.3, -0.25) is 0 Å². The number of benzene rings is 1. The summed E-state index contributed by atoms with van der Waals surface area (Å²) in [5.41, 5.74) is 7.44. The van der Waals surface area contributed by atoms with Gasteiger partial charge in [0.1, 0.15) is 0 Å². The van der Waals surface area contributed by atoms with Crippen molar-refractivity contribution in [3.05, 3.63) is 55.1 Å². The maximum absolute atomic E-state index is 6.19. The molecule has 0 aliphatic carbocycles. The molecule has 0 saturated carbocycles. The molecule has 2 N–H and O–H groups in total. The van der Waals surface area contributed by atoms with Crippen LogP contribution in [0.4, 0.5) is 0 Å². The highest BCUT2D eigenvalue weighted by Gasteiger charge is 2.11. The molecule has 1 heterocycles. The fraction of sp³-hybridized carbons (Fsp3) is 0.167. The molecule has 0 aliphatic heterocycles. The summed E-state index contributed by atoms with van der Waals surface area (Å²) in [5, 5.41) is 2.06. The lowest BCUT2D eigenvalue weighted by Crippen LogP contribution is -2.12. The van der Waals surface area contributed by atoms with E-state index in [0.717, 1.165) is 15.4 Å². The van der Waals surface area contributed by atoms with E-state index in [2.05, 4.69) is 49.4 Å². The van der Waals surface area contributed by atoms with Crippen molar-refractivity contribution in [2.75, 3.05) is 0 Å². The van der Waals surface area contributed by atoms with E-state index in [4.69, 9.17) is 5.73 Å². The van der Waals surface area contributed by atoms with Crippen LogP contribution in [0.25, 0.3) is 0 Å². The van der Waals surface area contributed by atoms with Crippen molar-refractivity contribution in [2.45, 2.75) is 12.5 Å². The van der Waals surface area contributed by atoms with Gasteiger partial charge in [-0.15, -0.1) is 11.3 Å². The van der Waals surface area contributed by atoms with Gasteiger partial charge in [0.15, 0.2) is 0 Å². The lowest BCUT2D eigenvalue weighted by Gasteiger charge is -2.10. The van der Waals surface area contributed by atoms with E-state index in [1.54, 1.807) is 11.3 Å². The highest BCUT2D eigenvalue weighted by molar-refractivity contribution is 9.10. The zero-order valence-electron chi connectivity index (χ0n) is 8.49. The molecular formula is C12H11Br2NS. The molecule has 1 atom stereocenters. The number of hydrogen-bond donors (Lipinski definition) is 1. The summed E-state index contributed by atoms with van der Waals surface area (Å²) in [6, 6.07) is 10.4. The average Bonchev–Trinajstić information content (AvgIpc) is 2.64. The topological polar surface area (TPSA) is 26.0 Å². The van der Waals surface area contributed by atoms with Crippen molar-refractivity contribution < 1.29 is 0 Å². The minimum atomic E-state index is 0.0590. The quantitative estimate of drug-likeness (QED) is 0.855. The van der Waals surface area contributed by atoms with E-state index in [1.807, 2.05) is 18.2 Å². The van der Waals surface area contributed by atoms with Crippen LogP contribution in [0, 0.1) is 0 Å². The molecule has 0 aliphatic rings. The number of halogens is 2. The Balaban J connectivity index is 2.14. The number of rotatable bonds is 3. The van der Waals surface area contributed by atoms with Crippen LogP contribution in [0.1, 0.15) is 16.5 Å². The number of hydrogen-bond acceptors (Lipinski definition) is 2. The summed E-state index contributed by atoms with van der Waals surface area (Å²) >= 11 is 8.68. The molecule has 2 aromatic rings. The molecule has 2 rings (SSSR count). The molecule has 1 unspecified atom stereocenters. The molecule has 16 heavy (non-hydrogen) atoms. The van der Waals surface area contributed by atoms with Crippen LogP contribution < -0.4 is 5.73 Å². The van der Waals surface area contributed by atoms with Gasteiger partial charge in [-0.2, -0.15) is 0 Å². The van der Waals surface area contributed by atoms with E-state index in [1.165, 1.54) is 10.4 Å². The first-order chi connectivity index (χ1) is 7.66. The highest BCUT2D eigenvalue weighted by atomic mass is 79.9. The Morgan fingerprint density at radius 3 is 2.69 bits per heavy atom. The molecule has 1 aromatic carbocycles. The van der Waals surface area contributed by atoms with Crippen molar-refractivity contribution >= 4 is 43.2 Å². The third-order valence-corrected chi connectivity index (χ3v) is 4.82. The Kier molecular flexibility index (Phi) is 4.19. The Morgan fingerprint density at radius 2 is 2.06 bits per heavy atom. The first-order valence-electron chi connectivity index (χ1n) is 4.89. The van der Waals surface area contributed by atoms with Crippen LogP contribution in [-0.2, 0) is 6.42 Å². The Bertz CT molecular complexity index is 481. The maximum Gasteiger partial charge on any atom is 0.0442 e. The van der Waals surface area contributed by atoms with Crippen molar-refractivity contribution in [3.8, 4) is 0 Å². The van der Waals surface area contributed by atoms with E-state index in [9.17, 15) is 0 Å². The van der Waals surface area contributed by atoms with E-state index >= 15 is 0 Å². The van der Waals surface area contributed by atoms with Crippen LogP contribution >= 0.6 is 43.2 Å². The summed E-state index contributed by atoms with van der Waals surface area (Å²) < 4.78 is 2.21. The van der Waals surface area contributed by atoms with Crippen LogP contribution in [0.5, 0.6) is 0 Å². The standard InChI is InChI=1S/C12H11Br2NS/c13-9-3-1-2-8(6-9)7-11(15)12-10(14)4-5-16-12/h1-6,11H,7,15H2. The molecule has 0 fully saturated rings. The van der Waals surface area contributed by atoms with E-state index < -0.39 is 0 Å². The van der Waals surface area contributed by atoms with Gasteiger partial charge in [0.2, 0.25) is 0 Å². The lowest BCUT2D eigenvalue weighted by molar-refractivity contribution is 0.733. The van der Waals surface area contributed by atoms with Crippen molar-refractivity contribution in [1.82, 2.24) is 0 Å². The van der Waals surface area contributed by atoms with Crippen LogP contribution in [0.3, 0.4) is 0 Å². The largest absolute Gasteiger partial charge is 0.323 e. The molecule has 4 heteroatoms. The van der Waals surface area contributed by atoms with Crippen LogP contribution in [0.15, 0.2) is 44.7 Å². The van der Waals surface area contributed by atoms with E-state index in [-0.39, 0.29) is 6.04 Å². The Morgan fingerprint density at radius 1 is 1.25 bits per heavy atom. The number of thiophene rings is 1. The molecule has 0 spiro atoms. The Labute approximate surface area is 116 Å². The SMILES string of the molecule is NC(Cc1cccc(Br)c1)c1sccc1Br. The second-order valence-corrected chi connectivity index (χ2v) is 6.29. The van der Waals surface area contributed by atoms with Crippen LogP contribution in [0.2, 0.25) is 0 Å². The fourth-order valence-corrected chi connectivity index (χ4v) is 3.70. The zero-order valence-corrected chi connectivity index (χ0v) is 12.5. The van der Waals surface area contributed by atoms with Gasteiger partial charge in [-0.1, -0.05) is 28.1 Å². The first-order valence-corrected chi connectivity index (χ1v) is 7.36. The summed E-state index contributed by atoms with van der Waals surface area (Å²) in [6.07, 6.45) is 0.860. The summed E-state index contributed by atoms with van der Waals surface area (Å²) in [7, 11) is 0. The third-order valence-electron chi connectivity index (χ3n) is 2.33. The molecule has 1 aromatic heterocycles. The van der Waals surface area contributed by atoms with Crippen LogP contribution in [-0.4, -0.2) is 0 Å². The normalized spacial score (nSPS) is 12.7. The monoisotopic (exact) mass is 359 g/mol. The van der Waals surface area contributed by atoms with Gasteiger partial charge in [0.25, 0.3) is 0 Å². The minimum absolute atomic E-state index is 0.0590. The molecular weight excluding hydrogens is 350 g/mol. The van der Waals surface area contributed by atoms with Gasteiger partial charge >= 0.3 is 0 Å². The molecule has 1 nitrogen and oxygen atoms in total. The van der Waals surface area contributed by atoms with Gasteiger partial charge in [-0.25, -0.2) is 0 Å². The second-order valence-electron chi connectivity index (χ2n) is 3.57. The predicted molar refractivity (Wildman–Crippen MR) is 76.8 cm³/mol. The first kappa shape index (κ1) is 12.3. The summed E-state index contributed by atoms with van der Waals surface area (Å²) in [4.78, 5) is 1.21. The van der Waals surface area contributed by atoms with Gasteiger partial charge < -0.3 is 5.73 Å². The van der Waals surface area contributed by atoms with Gasteiger partial charge in [-0.05, 0) is 51.5 Å². The molecule has 0 amide bonds. The zero-order chi connectivity index (χ0) is 11.5. The smallest absolute Gasteiger partial charge is 0.0442 e. The van der Waals surface area contributed by atoms with Crippen molar-refractivity contribution in [2.24, 2.45) is 5.73 Å². The number of nitrogens with two attached hydrogens (primary N) is 1. The molecule has 84 valence electrons. The van der Waals surface area contributed by atoms with Gasteiger partial charge in [0.05, 0.1) is 0 Å². The second kappa shape index (κ2) is 5.45.